The number of rotatable bonds is 3. The summed E-state index contributed by atoms with van der Waals surface area (Å²) < 4.78 is 9.65. The van der Waals surface area contributed by atoms with Gasteiger partial charge in [-0.1, -0.05) is 0 Å². The number of aliphatic carboxylic acids is 1. The molecule has 1 N–H and O–H groups in total. The Hall–Kier alpha value is -2.22. The van der Waals surface area contributed by atoms with Crippen LogP contribution in [0, 0.1) is 0 Å². The Morgan fingerprint density at radius 1 is 1.58 bits per heavy atom. The molecule has 8 heteroatoms. The molecule has 8 nitrogen and oxygen atoms in total. The molecule has 1 aromatic heterocycles. The van der Waals surface area contributed by atoms with Crippen LogP contribution in [0.4, 0.5) is 5.82 Å². The Labute approximate surface area is 109 Å². The van der Waals surface area contributed by atoms with Crippen LogP contribution in [0.5, 0.6) is 0 Å². The van der Waals surface area contributed by atoms with E-state index < -0.39 is 18.0 Å². The van der Waals surface area contributed by atoms with Gasteiger partial charge in [-0.05, 0) is 6.07 Å². The van der Waals surface area contributed by atoms with E-state index in [4.69, 9.17) is 9.84 Å². The number of carboxylic acid groups (broad SMARTS) is 1. The average molecular weight is 267 g/mol. The van der Waals surface area contributed by atoms with Gasteiger partial charge in [-0.3, -0.25) is 0 Å². The van der Waals surface area contributed by atoms with Crippen molar-refractivity contribution in [2.45, 2.75) is 6.10 Å². The van der Waals surface area contributed by atoms with Crippen molar-refractivity contribution >= 4 is 17.8 Å². The number of anilines is 1. The molecule has 0 bridgehead atoms. The number of carboxylic acids is 1. The number of hydrogen-bond donors (Lipinski definition) is 1. The van der Waals surface area contributed by atoms with Crippen molar-refractivity contribution in [1.29, 1.82) is 0 Å². The smallest absolute Gasteiger partial charge is 0.376 e. The van der Waals surface area contributed by atoms with Gasteiger partial charge in [0, 0.05) is 12.7 Å². The van der Waals surface area contributed by atoms with Gasteiger partial charge in [-0.2, -0.15) is 0 Å². The minimum Gasteiger partial charge on any atom is -0.479 e. The van der Waals surface area contributed by atoms with E-state index in [2.05, 4.69) is 14.7 Å². The summed E-state index contributed by atoms with van der Waals surface area (Å²) in [6.45, 7) is 0.961. The van der Waals surface area contributed by atoms with E-state index >= 15 is 0 Å². The first kappa shape index (κ1) is 13.2. The van der Waals surface area contributed by atoms with Gasteiger partial charge in [-0.15, -0.1) is 0 Å². The summed E-state index contributed by atoms with van der Waals surface area (Å²) in [7, 11) is 1.24. The van der Waals surface area contributed by atoms with Gasteiger partial charge in [0.1, 0.15) is 5.82 Å². The zero-order valence-electron chi connectivity index (χ0n) is 10.3. The molecule has 2 rings (SSSR count). The molecule has 0 saturated carbocycles. The summed E-state index contributed by atoms with van der Waals surface area (Å²) in [5, 5.41) is 8.93. The van der Waals surface area contributed by atoms with Crippen LogP contribution in [-0.2, 0) is 14.3 Å². The average Bonchev–Trinajstić information content (AvgIpc) is 2.46. The van der Waals surface area contributed by atoms with Crippen molar-refractivity contribution in [1.82, 2.24) is 9.97 Å². The second-order valence-corrected chi connectivity index (χ2v) is 3.87. The zero-order valence-corrected chi connectivity index (χ0v) is 10.3. The Bertz CT molecular complexity index is 493. The number of esters is 1. The summed E-state index contributed by atoms with van der Waals surface area (Å²) in [6, 6.07) is 1.61. The topological polar surface area (TPSA) is 102 Å². The fourth-order valence-electron chi connectivity index (χ4n) is 1.72. The molecule has 19 heavy (non-hydrogen) atoms. The zero-order chi connectivity index (χ0) is 13.8. The normalized spacial score (nSPS) is 19.0. The summed E-state index contributed by atoms with van der Waals surface area (Å²) >= 11 is 0. The van der Waals surface area contributed by atoms with Crippen molar-refractivity contribution in [3.8, 4) is 0 Å². The van der Waals surface area contributed by atoms with Crippen LogP contribution < -0.4 is 4.90 Å². The standard InChI is InChI=1S/C11H13N3O5/c1-18-11(17)9-12-3-2-8(13-9)14-4-5-19-7(6-14)10(15)16/h2-3,7H,4-6H2,1H3,(H,15,16). The van der Waals surface area contributed by atoms with E-state index in [9.17, 15) is 9.59 Å². The molecule has 1 saturated heterocycles. The number of methoxy groups -OCH3 is 1. The maximum absolute atomic E-state index is 11.3. The molecule has 0 aliphatic carbocycles. The lowest BCUT2D eigenvalue weighted by Gasteiger charge is -2.31. The molecule has 0 spiro atoms. The van der Waals surface area contributed by atoms with Crippen molar-refractivity contribution < 1.29 is 24.2 Å². The molecular weight excluding hydrogens is 254 g/mol. The lowest BCUT2D eigenvalue weighted by molar-refractivity contribution is -0.150. The molecule has 0 radical (unpaired) electrons. The monoisotopic (exact) mass is 267 g/mol. The Morgan fingerprint density at radius 3 is 3.05 bits per heavy atom. The first-order valence-corrected chi connectivity index (χ1v) is 5.62. The lowest BCUT2D eigenvalue weighted by Crippen LogP contribution is -2.46. The summed E-state index contributed by atoms with van der Waals surface area (Å²) in [5.41, 5.74) is 0. The van der Waals surface area contributed by atoms with Gasteiger partial charge in [0.25, 0.3) is 0 Å². The van der Waals surface area contributed by atoms with Gasteiger partial charge in [-0.25, -0.2) is 19.6 Å². The minimum absolute atomic E-state index is 0.0571. The Balaban J connectivity index is 2.17. The number of ether oxygens (including phenoxy) is 2. The van der Waals surface area contributed by atoms with Crippen molar-refractivity contribution in [3.63, 3.8) is 0 Å². The van der Waals surface area contributed by atoms with Crippen molar-refractivity contribution in [3.05, 3.63) is 18.1 Å². The quantitative estimate of drug-likeness (QED) is 0.735. The molecule has 1 aliphatic rings. The molecule has 1 unspecified atom stereocenters. The van der Waals surface area contributed by atoms with Crippen LogP contribution in [0.25, 0.3) is 0 Å². The number of hydrogen-bond acceptors (Lipinski definition) is 7. The lowest BCUT2D eigenvalue weighted by atomic mass is 10.2. The number of carbonyl (C=O) groups is 2. The fraction of sp³-hybridized carbons (Fsp3) is 0.455. The van der Waals surface area contributed by atoms with Gasteiger partial charge in [0.15, 0.2) is 6.10 Å². The van der Waals surface area contributed by atoms with Crippen LogP contribution in [-0.4, -0.2) is 59.9 Å². The number of nitrogens with zero attached hydrogens (tertiary/aromatic N) is 3. The largest absolute Gasteiger partial charge is 0.479 e. The van der Waals surface area contributed by atoms with Gasteiger partial charge < -0.3 is 19.5 Å². The number of carbonyl (C=O) groups excluding carboxylic acids is 1. The highest BCUT2D eigenvalue weighted by molar-refractivity contribution is 5.85. The van der Waals surface area contributed by atoms with Gasteiger partial charge >= 0.3 is 11.9 Å². The Morgan fingerprint density at radius 2 is 2.37 bits per heavy atom. The highest BCUT2D eigenvalue weighted by atomic mass is 16.5. The van der Waals surface area contributed by atoms with E-state index in [-0.39, 0.29) is 19.0 Å². The van der Waals surface area contributed by atoms with Crippen LogP contribution in [0.2, 0.25) is 0 Å². The van der Waals surface area contributed by atoms with Gasteiger partial charge in [0.2, 0.25) is 5.82 Å². The third-order valence-electron chi connectivity index (χ3n) is 2.67. The van der Waals surface area contributed by atoms with Crippen LogP contribution in [0.3, 0.4) is 0 Å². The SMILES string of the molecule is COC(=O)c1nccc(N2CCOC(C(=O)O)C2)n1. The molecule has 102 valence electrons. The highest BCUT2D eigenvalue weighted by Crippen LogP contribution is 2.15. The molecule has 1 fully saturated rings. The van der Waals surface area contributed by atoms with E-state index in [1.54, 1.807) is 11.0 Å². The molecule has 2 heterocycles. The third-order valence-corrected chi connectivity index (χ3v) is 2.67. The molecule has 0 aromatic carbocycles. The van der Waals surface area contributed by atoms with Crippen molar-refractivity contribution in [2.24, 2.45) is 0 Å². The van der Waals surface area contributed by atoms with Crippen LogP contribution in [0.15, 0.2) is 12.3 Å². The number of morpholine rings is 1. The van der Waals surface area contributed by atoms with E-state index in [0.717, 1.165) is 0 Å². The minimum atomic E-state index is -1.02. The fourth-order valence-corrected chi connectivity index (χ4v) is 1.72. The molecular formula is C11H13N3O5. The first-order chi connectivity index (χ1) is 9.11. The predicted molar refractivity (Wildman–Crippen MR) is 63.0 cm³/mol. The predicted octanol–water partition coefficient (Wildman–Crippen LogP) is -0.447. The third kappa shape index (κ3) is 2.97. The second kappa shape index (κ2) is 5.61. The Kier molecular flexibility index (Phi) is 3.91. The maximum Gasteiger partial charge on any atom is 0.376 e. The van der Waals surface area contributed by atoms with Gasteiger partial charge in [0.05, 0.1) is 20.3 Å². The number of aromatic nitrogens is 2. The molecule has 1 atom stereocenters. The first-order valence-electron chi connectivity index (χ1n) is 5.62. The molecule has 1 aliphatic heterocycles. The molecule has 1 aromatic rings. The molecule has 0 amide bonds. The summed E-state index contributed by atoms with van der Waals surface area (Å²) in [6.07, 6.45) is 0.533. The summed E-state index contributed by atoms with van der Waals surface area (Å²) in [5.74, 6) is -1.24. The second-order valence-electron chi connectivity index (χ2n) is 3.87. The van der Waals surface area contributed by atoms with Crippen LogP contribution in [0.1, 0.15) is 10.6 Å². The van der Waals surface area contributed by atoms with E-state index in [1.165, 1.54) is 13.3 Å². The van der Waals surface area contributed by atoms with Crippen LogP contribution >= 0.6 is 0 Å². The highest BCUT2D eigenvalue weighted by Gasteiger charge is 2.27. The van der Waals surface area contributed by atoms with E-state index in [1.807, 2.05) is 0 Å². The van der Waals surface area contributed by atoms with E-state index in [0.29, 0.717) is 12.4 Å². The summed E-state index contributed by atoms with van der Waals surface area (Å²) in [4.78, 5) is 31.8. The van der Waals surface area contributed by atoms with Crippen molar-refractivity contribution in [2.75, 3.05) is 31.7 Å². The maximum atomic E-state index is 11.3.